The van der Waals surface area contributed by atoms with Crippen molar-refractivity contribution in [1.29, 1.82) is 0 Å². The van der Waals surface area contributed by atoms with Crippen molar-refractivity contribution in [2.24, 2.45) is 5.92 Å². The van der Waals surface area contributed by atoms with Crippen LogP contribution < -0.4 is 5.32 Å². The number of nitrogens with one attached hydrogen (secondary N) is 1. The maximum Gasteiger partial charge on any atom is 0.328 e. The Labute approximate surface area is 208 Å². The zero-order chi connectivity index (χ0) is 24.9. The fraction of sp³-hybridized carbons (Fsp3) is 0.448. The van der Waals surface area contributed by atoms with Crippen LogP contribution in [0.25, 0.3) is 0 Å². The predicted molar refractivity (Wildman–Crippen MR) is 140 cm³/mol. The van der Waals surface area contributed by atoms with E-state index in [-0.39, 0.29) is 0 Å². The highest BCUT2D eigenvalue weighted by Gasteiger charge is 2.19. The first-order valence-electron chi connectivity index (χ1n) is 12.8. The summed E-state index contributed by atoms with van der Waals surface area (Å²) in [6.07, 6.45) is 11.7. The molecule has 6 nitrogen and oxygen atoms in total. The average Bonchev–Trinajstić information content (AvgIpc) is 3.10. The number of carbonyl (C=O) groups is 2. The lowest BCUT2D eigenvalue weighted by atomic mass is 9.90. The zero-order valence-corrected chi connectivity index (χ0v) is 20.5. The van der Waals surface area contributed by atoms with E-state index < -0.39 is 11.9 Å². The van der Waals surface area contributed by atoms with Gasteiger partial charge >= 0.3 is 11.9 Å². The molecule has 0 atom stereocenters. The number of carboxylic acids is 2. The number of hydrogen-bond acceptors (Lipinski definition) is 4. The van der Waals surface area contributed by atoms with E-state index in [0.717, 1.165) is 19.0 Å². The smallest absolute Gasteiger partial charge is 0.328 e. The molecular formula is C29H38N2O4. The monoisotopic (exact) mass is 478 g/mol. The Hall–Kier alpha value is -3.12. The molecule has 0 aliphatic carbocycles. The van der Waals surface area contributed by atoms with Gasteiger partial charge in [-0.2, -0.15) is 0 Å². The van der Waals surface area contributed by atoms with E-state index in [1.54, 1.807) is 0 Å². The number of benzene rings is 2. The van der Waals surface area contributed by atoms with Gasteiger partial charge in [0.2, 0.25) is 0 Å². The predicted octanol–water partition coefficient (Wildman–Crippen LogP) is 5.38. The zero-order valence-electron chi connectivity index (χ0n) is 20.5. The molecule has 35 heavy (non-hydrogen) atoms. The molecule has 188 valence electrons. The van der Waals surface area contributed by atoms with Crippen molar-refractivity contribution >= 4 is 17.6 Å². The molecule has 2 aliphatic heterocycles. The summed E-state index contributed by atoms with van der Waals surface area (Å²) in [7, 11) is 0. The van der Waals surface area contributed by atoms with Gasteiger partial charge < -0.3 is 15.5 Å². The number of anilines is 1. The first-order valence-corrected chi connectivity index (χ1v) is 12.8. The lowest BCUT2D eigenvalue weighted by Crippen LogP contribution is -2.33. The second-order valence-electron chi connectivity index (χ2n) is 9.48. The summed E-state index contributed by atoms with van der Waals surface area (Å²) < 4.78 is 0. The lowest BCUT2D eigenvalue weighted by molar-refractivity contribution is -0.134. The molecule has 2 aliphatic rings. The molecule has 0 unspecified atom stereocenters. The first-order chi connectivity index (χ1) is 17.0. The van der Waals surface area contributed by atoms with Crippen LogP contribution in [-0.4, -0.2) is 46.7 Å². The number of nitrogens with zero attached hydrogens (tertiary/aromatic N) is 1. The third-order valence-corrected chi connectivity index (χ3v) is 6.77. The van der Waals surface area contributed by atoms with Crippen molar-refractivity contribution in [2.45, 2.75) is 57.9 Å². The van der Waals surface area contributed by atoms with Gasteiger partial charge in [0.05, 0.1) is 0 Å². The molecule has 0 bridgehead atoms. The van der Waals surface area contributed by atoms with Gasteiger partial charge in [-0.3, -0.25) is 4.90 Å². The van der Waals surface area contributed by atoms with Crippen molar-refractivity contribution in [3.63, 3.8) is 0 Å². The van der Waals surface area contributed by atoms with Gasteiger partial charge in [-0.05, 0) is 86.7 Å². The number of carboxylic acid groups (broad SMARTS) is 2. The lowest BCUT2D eigenvalue weighted by Gasteiger charge is -2.32. The van der Waals surface area contributed by atoms with E-state index >= 15 is 0 Å². The molecule has 4 rings (SSSR count). The van der Waals surface area contributed by atoms with Gasteiger partial charge in [0.25, 0.3) is 0 Å². The summed E-state index contributed by atoms with van der Waals surface area (Å²) in [6.45, 7) is 4.79. The van der Waals surface area contributed by atoms with E-state index in [9.17, 15) is 9.59 Å². The summed E-state index contributed by atoms with van der Waals surface area (Å²) in [6, 6.07) is 18.1. The molecule has 6 heteroatoms. The van der Waals surface area contributed by atoms with E-state index in [4.69, 9.17) is 10.2 Å². The normalized spacial score (nSPS) is 16.5. The van der Waals surface area contributed by atoms with E-state index in [2.05, 4.69) is 58.7 Å². The molecule has 0 saturated carbocycles. The Morgan fingerprint density at radius 3 is 2.34 bits per heavy atom. The number of hydrogen-bond donors (Lipinski definition) is 3. The molecule has 2 aromatic carbocycles. The number of fused-ring (bicyclic) bond motifs is 1. The van der Waals surface area contributed by atoms with Crippen molar-refractivity contribution in [2.75, 3.05) is 25.0 Å². The number of likely N-dealkylation sites (tertiary alicyclic amines) is 1. The van der Waals surface area contributed by atoms with Crippen molar-refractivity contribution < 1.29 is 19.8 Å². The van der Waals surface area contributed by atoms with E-state index in [1.807, 2.05) is 0 Å². The Balaban J connectivity index is 0.000000371. The van der Waals surface area contributed by atoms with Crippen LogP contribution in [0.1, 0.15) is 55.2 Å². The molecule has 0 radical (unpaired) electrons. The van der Waals surface area contributed by atoms with Crippen LogP contribution in [0.15, 0.2) is 60.7 Å². The number of piperidine rings is 1. The maximum absolute atomic E-state index is 9.55. The van der Waals surface area contributed by atoms with Gasteiger partial charge in [0, 0.05) is 30.9 Å². The molecule has 1 saturated heterocycles. The molecule has 2 heterocycles. The van der Waals surface area contributed by atoms with E-state index in [1.165, 1.54) is 86.8 Å². The van der Waals surface area contributed by atoms with Crippen LogP contribution in [0.5, 0.6) is 0 Å². The summed E-state index contributed by atoms with van der Waals surface area (Å²) in [5.74, 6) is -1.59. The van der Waals surface area contributed by atoms with Crippen molar-refractivity contribution in [3.8, 4) is 0 Å². The molecule has 2 aromatic rings. The Bertz CT molecular complexity index is 950. The van der Waals surface area contributed by atoms with Crippen LogP contribution in [0.4, 0.5) is 5.69 Å². The van der Waals surface area contributed by atoms with Crippen molar-refractivity contribution in [1.82, 2.24) is 4.90 Å². The van der Waals surface area contributed by atoms with Gasteiger partial charge in [-0.1, -0.05) is 48.9 Å². The van der Waals surface area contributed by atoms with E-state index in [0.29, 0.717) is 12.2 Å². The van der Waals surface area contributed by atoms with Gasteiger partial charge in [-0.15, -0.1) is 0 Å². The average molecular weight is 479 g/mol. The summed E-state index contributed by atoms with van der Waals surface area (Å²) in [5, 5.41) is 19.2. The van der Waals surface area contributed by atoms with Gasteiger partial charge in [0.15, 0.2) is 0 Å². The highest BCUT2D eigenvalue weighted by molar-refractivity contribution is 5.89. The quantitative estimate of drug-likeness (QED) is 0.441. The second kappa shape index (κ2) is 14.3. The Morgan fingerprint density at radius 2 is 1.66 bits per heavy atom. The first kappa shape index (κ1) is 26.5. The highest BCUT2D eigenvalue weighted by atomic mass is 16.4. The highest BCUT2D eigenvalue weighted by Crippen LogP contribution is 2.26. The van der Waals surface area contributed by atoms with Gasteiger partial charge in [-0.25, -0.2) is 9.59 Å². The topological polar surface area (TPSA) is 89.9 Å². The van der Waals surface area contributed by atoms with Crippen LogP contribution in [0, 0.1) is 5.92 Å². The minimum absolute atomic E-state index is 0.558. The number of aliphatic carboxylic acids is 2. The van der Waals surface area contributed by atoms with Gasteiger partial charge in [0.1, 0.15) is 0 Å². The largest absolute Gasteiger partial charge is 0.478 e. The standard InChI is InChI=1S/C25H34N2.C4H4O4/c1-2-7-23(8-3-1)20-27-17-14-21(15-18-27)9-6-10-22-12-13-24-11-4-5-16-26-25(24)19-22;5-3(6)1-2-4(7)8/h1-3,7-8,12-13,19,21,26H,4-6,9-11,14-18,20H2;1-2H,(H,5,6)(H,7,8). The Morgan fingerprint density at radius 1 is 0.943 bits per heavy atom. The van der Waals surface area contributed by atoms with Crippen LogP contribution in [0.3, 0.4) is 0 Å². The van der Waals surface area contributed by atoms with Crippen molar-refractivity contribution in [3.05, 3.63) is 77.4 Å². The van der Waals surface area contributed by atoms with Crippen LogP contribution in [-0.2, 0) is 29.0 Å². The van der Waals surface area contributed by atoms with Crippen LogP contribution in [0.2, 0.25) is 0 Å². The molecule has 1 fully saturated rings. The summed E-state index contributed by atoms with van der Waals surface area (Å²) in [4.78, 5) is 21.7. The third-order valence-electron chi connectivity index (χ3n) is 6.77. The molecule has 0 aromatic heterocycles. The summed E-state index contributed by atoms with van der Waals surface area (Å²) >= 11 is 0. The SMILES string of the molecule is O=C(O)C=CC(=O)O.c1ccc(CN2CCC(CCCc3ccc4c(c3)NCCCC4)CC2)cc1. The van der Waals surface area contributed by atoms with Crippen LogP contribution >= 0.6 is 0 Å². The third kappa shape index (κ3) is 9.95. The molecule has 0 amide bonds. The fourth-order valence-electron chi connectivity index (χ4n) is 4.84. The molecule has 3 N–H and O–H groups in total. The second-order valence-corrected chi connectivity index (χ2v) is 9.48. The fourth-order valence-corrected chi connectivity index (χ4v) is 4.84. The molecule has 0 spiro atoms. The Kier molecular flexibility index (Phi) is 10.8. The summed E-state index contributed by atoms with van der Waals surface area (Å²) in [5.41, 5.74) is 5.89. The number of rotatable bonds is 8. The minimum atomic E-state index is -1.26. The minimum Gasteiger partial charge on any atom is -0.478 e. The number of aryl methyl sites for hydroxylation is 2. The maximum atomic E-state index is 9.55. The molecular weight excluding hydrogens is 440 g/mol.